The molecule has 0 bridgehead atoms. The molecule has 0 aromatic heterocycles. The van der Waals surface area contributed by atoms with Crippen molar-refractivity contribution in [1.82, 2.24) is 0 Å². The molecule has 4 aromatic rings. The van der Waals surface area contributed by atoms with Crippen molar-refractivity contribution < 1.29 is 17.6 Å². The topological polar surface area (TPSA) is 0 Å². The van der Waals surface area contributed by atoms with E-state index in [1.54, 1.807) is 12.1 Å². The highest BCUT2D eigenvalue weighted by molar-refractivity contribution is 6.30. The van der Waals surface area contributed by atoms with Crippen LogP contribution in [0.25, 0.3) is 33.0 Å². The number of benzene rings is 4. The fraction of sp³-hybridized carbons (Fsp3) is 0.0769. The Morgan fingerprint density at radius 3 is 2.16 bits per heavy atom. The van der Waals surface area contributed by atoms with E-state index in [1.807, 2.05) is 18.2 Å². The Bertz CT molecular complexity index is 1290. The van der Waals surface area contributed by atoms with E-state index in [4.69, 9.17) is 11.6 Å². The van der Waals surface area contributed by atoms with Gasteiger partial charge in [-0.3, -0.25) is 0 Å². The number of aryl methyl sites for hydroxylation is 1. The molecule has 0 spiro atoms. The summed E-state index contributed by atoms with van der Waals surface area (Å²) in [7, 11) is 0. The Labute approximate surface area is 182 Å². The third kappa shape index (κ3) is 4.08. The molecule has 0 aliphatic carbocycles. The molecular formula is C26H17ClF4. The van der Waals surface area contributed by atoms with Gasteiger partial charge in [0.2, 0.25) is 0 Å². The molecule has 0 saturated heterocycles. The summed E-state index contributed by atoms with van der Waals surface area (Å²) >= 11 is 5.64. The molecule has 5 heteroatoms. The van der Waals surface area contributed by atoms with Crippen molar-refractivity contribution in [2.75, 3.05) is 0 Å². The van der Waals surface area contributed by atoms with Gasteiger partial charge >= 0.3 is 0 Å². The van der Waals surface area contributed by atoms with Crippen molar-refractivity contribution in [2.24, 2.45) is 0 Å². The molecular weight excluding hydrogens is 424 g/mol. The summed E-state index contributed by atoms with van der Waals surface area (Å²) in [6.07, 6.45) is 3.43. The van der Waals surface area contributed by atoms with Gasteiger partial charge in [-0.2, -0.15) is 0 Å². The third-order valence-electron chi connectivity index (χ3n) is 5.22. The molecule has 0 N–H and O–H groups in total. The monoisotopic (exact) mass is 440 g/mol. The van der Waals surface area contributed by atoms with E-state index in [-0.39, 0.29) is 21.7 Å². The summed E-state index contributed by atoms with van der Waals surface area (Å²) in [6, 6.07) is 14.2. The number of halogens is 5. The van der Waals surface area contributed by atoms with Crippen LogP contribution in [0.2, 0.25) is 5.02 Å². The summed E-state index contributed by atoms with van der Waals surface area (Å²) in [4.78, 5) is 0. The number of allylic oxidation sites excluding steroid dienone is 1. The van der Waals surface area contributed by atoms with E-state index < -0.39 is 28.8 Å². The van der Waals surface area contributed by atoms with Gasteiger partial charge in [-0.05, 0) is 59.2 Å². The molecule has 0 unspecified atom stereocenters. The SMILES string of the molecule is C=CCCc1ccc2c(F)c(-c3cc(F)c(-c4ccc(Cl)c(F)c4)c(F)c3)ccc2c1. The van der Waals surface area contributed by atoms with Crippen molar-refractivity contribution >= 4 is 22.4 Å². The van der Waals surface area contributed by atoms with Crippen molar-refractivity contribution in [1.29, 1.82) is 0 Å². The highest BCUT2D eigenvalue weighted by atomic mass is 35.5. The molecule has 0 radical (unpaired) electrons. The first-order valence-corrected chi connectivity index (χ1v) is 10.0. The van der Waals surface area contributed by atoms with Crippen LogP contribution in [0.1, 0.15) is 12.0 Å². The third-order valence-corrected chi connectivity index (χ3v) is 5.52. The lowest BCUT2D eigenvalue weighted by molar-refractivity contribution is 0.589. The second-order valence-corrected chi connectivity index (χ2v) is 7.66. The fourth-order valence-electron chi connectivity index (χ4n) is 3.64. The van der Waals surface area contributed by atoms with E-state index in [0.29, 0.717) is 10.8 Å². The van der Waals surface area contributed by atoms with Crippen molar-refractivity contribution in [3.63, 3.8) is 0 Å². The molecule has 0 atom stereocenters. The van der Waals surface area contributed by atoms with Gasteiger partial charge in [0.15, 0.2) is 0 Å². The normalized spacial score (nSPS) is 11.1. The predicted molar refractivity (Wildman–Crippen MR) is 118 cm³/mol. The fourth-order valence-corrected chi connectivity index (χ4v) is 3.76. The molecule has 0 heterocycles. The van der Waals surface area contributed by atoms with E-state index in [2.05, 4.69) is 6.58 Å². The molecule has 156 valence electrons. The first kappa shape index (κ1) is 21.1. The molecule has 0 nitrogen and oxygen atoms in total. The molecule has 0 fully saturated rings. The standard InChI is InChI=1S/C26H17ClF4/c1-2-3-4-15-5-8-19-16(11-15)6-9-20(26(19)31)18-13-23(29)25(24(30)14-18)17-7-10-21(27)22(28)12-17/h2,5-14H,1,3-4H2. The van der Waals surface area contributed by atoms with E-state index in [0.717, 1.165) is 36.6 Å². The van der Waals surface area contributed by atoms with Crippen LogP contribution in [-0.2, 0) is 6.42 Å². The summed E-state index contributed by atoms with van der Waals surface area (Å²) in [5.41, 5.74) is 0.805. The minimum absolute atomic E-state index is 0.00878. The average molecular weight is 441 g/mol. The Morgan fingerprint density at radius 1 is 0.774 bits per heavy atom. The van der Waals surface area contributed by atoms with Crippen LogP contribution in [0.15, 0.2) is 73.3 Å². The smallest absolute Gasteiger partial charge is 0.142 e. The second kappa shape index (κ2) is 8.56. The highest BCUT2D eigenvalue weighted by Gasteiger charge is 2.18. The lowest BCUT2D eigenvalue weighted by atomic mass is 9.95. The van der Waals surface area contributed by atoms with E-state index in [9.17, 15) is 13.2 Å². The van der Waals surface area contributed by atoms with Gasteiger partial charge in [0.1, 0.15) is 23.3 Å². The predicted octanol–water partition coefficient (Wildman–Crippen LogP) is 8.50. The van der Waals surface area contributed by atoms with Gasteiger partial charge in [0.05, 0.1) is 10.6 Å². The van der Waals surface area contributed by atoms with Crippen LogP contribution in [0, 0.1) is 23.3 Å². The Balaban J connectivity index is 1.78. The van der Waals surface area contributed by atoms with Gasteiger partial charge in [0.25, 0.3) is 0 Å². The van der Waals surface area contributed by atoms with E-state index >= 15 is 4.39 Å². The first-order chi connectivity index (χ1) is 14.9. The van der Waals surface area contributed by atoms with Gasteiger partial charge in [0, 0.05) is 10.9 Å². The molecule has 0 amide bonds. The zero-order chi connectivity index (χ0) is 22.1. The molecule has 0 aliphatic rings. The molecule has 4 rings (SSSR count). The maximum Gasteiger partial charge on any atom is 0.142 e. The van der Waals surface area contributed by atoms with Gasteiger partial charge in [-0.1, -0.05) is 54.1 Å². The lowest BCUT2D eigenvalue weighted by Gasteiger charge is -2.12. The number of rotatable bonds is 5. The summed E-state index contributed by atoms with van der Waals surface area (Å²) in [6.45, 7) is 3.70. The van der Waals surface area contributed by atoms with Gasteiger partial charge in [-0.15, -0.1) is 6.58 Å². The largest absolute Gasteiger partial charge is 0.206 e. The Hall–Kier alpha value is -3.11. The zero-order valence-electron chi connectivity index (χ0n) is 16.4. The minimum Gasteiger partial charge on any atom is -0.206 e. The Morgan fingerprint density at radius 2 is 1.48 bits per heavy atom. The van der Waals surface area contributed by atoms with Gasteiger partial charge in [-0.25, -0.2) is 17.6 Å². The summed E-state index contributed by atoms with van der Waals surface area (Å²) in [5.74, 6) is -3.18. The number of hydrogen-bond acceptors (Lipinski definition) is 0. The second-order valence-electron chi connectivity index (χ2n) is 7.25. The Kier molecular flexibility index (Phi) is 5.84. The molecule has 0 aliphatic heterocycles. The summed E-state index contributed by atoms with van der Waals surface area (Å²) < 4.78 is 58.5. The van der Waals surface area contributed by atoms with Crippen LogP contribution in [0.4, 0.5) is 17.6 Å². The van der Waals surface area contributed by atoms with Crippen LogP contribution in [0.3, 0.4) is 0 Å². The van der Waals surface area contributed by atoms with Crippen LogP contribution in [0.5, 0.6) is 0 Å². The quantitative estimate of drug-likeness (QED) is 0.215. The summed E-state index contributed by atoms with van der Waals surface area (Å²) in [5, 5.41) is 0.925. The van der Waals surface area contributed by atoms with Crippen LogP contribution >= 0.6 is 11.6 Å². The lowest BCUT2D eigenvalue weighted by Crippen LogP contribution is -1.95. The van der Waals surface area contributed by atoms with Crippen LogP contribution in [-0.4, -0.2) is 0 Å². The van der Waals surface area contributed by atoms with Crippen LogP contribution < -0.4 is 0 Å². The number of hydrogen-bond donors (Lipinski definition) is 0. The molecule has 0 saturated carbocycles. The van der Waals surface area contributed by atoms with Crippen molar-refractivity contribution in [2.45, 2.75) is 12.8 Å². The molecule has 31 heavy (non-hydrogen) atoms. The van der Waals surface area contributed by atoms with Crippen molar-refractivity contribution in [3.05, 3.63) is 107 Å². The number of fused-ring (bicyclic) bond motifs is 1. The average Bonchev–Trinajstić information content (AvgIpc) is 2.74. The zero-order valence-corrected chi connectivity index (χ0v) is 17.1. The molecule has 4 aromatic carbocycles. The maximum atomic E-state index is 15.2. The first-order valence-electron chi connectivity index (χ1n) is 9.66. The maximum absolute atomic E-state index is 15.2. The van der Waals surface area contributed by atoms with Crippen molar-refractivity contribution in [3.8, 4) is 22.3 Å². The van der Waals surface area contributed by atoms with E-state index in [1.165, 1.54) is 18.2 Å². The highest BCUT2D eigenvalue weighted by Crippen LogP contribution is 2.35. The minimum atomic E-state index is -0.920. The van der Waals surface area contributed by atoms with Gasteiger partial charge < -0.3 is 0 Å².